The maximum Gasteiger partial charge on any atom is 0.225 e. The van der Waals surface area contributed by atoms with Crippen LogP contribution < -0.4 is 11.1 Å². The summed E-state index contributed by atoms with van der Waals surface area (Å²) in [5.74, 6) is 0.797. The number of nitrogens with two attached hydrogens (primary N) is 1. The fraction of sp³-hybridized carbons (Fsp3) is 0.583. The van der Waals surface area contributed by atoms with Crippen LogP contribution in [0, 0.1) is 5.92 Å². The summed E-state index contributed by atoms with van der Waals surface area (Å²) in [6, 6.07) is 3.61. The molecule has 1 aromatic heterocycles. The predicted octanol–water partition coefficient (Wildman–Crippen LogP) is 1.58. The predicted molar refractivity (Wildman–Crippen MR) is 60.6 cm³/mol. The first-order valence-electron chi connectivity index (χ1n) is 5.78. The number of furan rings is 1. The summed E-state index contributed by atoms with van der Waals surface area (Å²) in [4.78, 5) is 11.9. The lowest BCUT2D eigenvalue weighted by Crippen LogP contribution is -2.39. The van der Waals surface area contributed by atoms with Crippen LogP contribution in [0.4, 0.5) is 0 Å². The number of carbonyl (C=O) groups excluding carboxylic acids is 1. The quantitative estimate of drug-likeness (QED) is 0.816. The Morgan fingerprint density at radius 1 is 1.62 bits per heavy atom. The van der Waals surface area contributed by atoms with Crippen LogP contribution in [0.5, 0.6) is 0 Å². The lowest BCUT2D eigenvalue weighted by Gasteiger charge is -2.18. The second-order valence-electron chi connectivity index (χ2n) is 4.45. The van der Waals surface area contributed by atoms with Gasteiger partial charge in [-0.2, -0.15) is 0 Å². The monoisotopic (exact) mass is 222 g/mol. The highest BCUT2D eigenvalue weighted by Gasteiger charge is 2.31. The summed E-state index contributed by atoms with van der Waals surface area (Å²) in [6.45, 7) is 1.91. The molecule has 1 saturated carbocycles. The maximum atomic E-state index is 11.9. The van der Waals surface area contributed by atoms with Crippen molar-refractivity contribution in [2.45, 2.75) is 38.3 Å². The first-order valence-corrected chi connectivity index (χ1v) is 5.78. The van der Waals surface area contributed by atoms with Gasteiger partial charge < -0.3 is 15.5 Å². The molecule has 0 spiro atoms. The van der Waals surface area contributed by atoms with Crippen molar-refractivity contribution in [3.63, 3.8) is 0 Å². The van der Waals surface area contributed by atoms with Crippen LogP contribution in [0.15, 0.2) is 22.8 Å². The van der Waals surface area contributed by atoms with E-state index in [2.05, 4.69) is 5.32 Å². The van der Waals surface area contributed by atoms with Crippen LogP contribution in [-0.4, -0.2) is 11.9 Å². The van der Waals surface area contributed by atoms with Crippen LogP contribution in [-0.2, 0) is 4.79 Å². The molecule has 0 aromatic carbocycles. The Balaban J connectivity index is 1.92. The largest absolute Gasteiger partial charge is 0.467 e. The van der Waals surface area contributed by atoms with E-state index in [1.54, 1.807) is 6.26 Å². The minimum atomic E-state index is -0.0877. The van der Waals surface area contributed by atoms with E-state index >= 15 is 0 Å². The SMILES string of the molecule is C[C@@H](NC(=O)C1CCCC1N)c1ccco1. The van der Waals surface area contributed by atoms with E-state index < -0.39 is 0 Å². The van der Waals surface area contributed by atoms with Crippen molar-refractivity contribution in [1.82, 2.24) is 5.32 Å². The third-order valence-corrected chi connectivity index (χ3v) is 3.23. The van der Waals surface area contributed by atoms with E-state index in [9.17, 15) is 4.79 Å². The molecule has 1 aliphatic rings. The number of hydrogen-bond acceptors (Lipinski definition) is 3. The minimum Gasteiger partial charge on any atom is -0.467 e. The summed E-state index contributed by atoms with van der Waals surface area (Å²) < 4.78 is 5.24. The standard InChI is InChI=1S/C12H18N2O2/c1-8(11-6-3-7-16-11)14-12(15)9-4-2-5-10(9)13/h3,6-10H,2,4-5,13H2,1H3,(H,14,15)/t8-,9?,10?/m1/s1. The smallest absolute Gasteiger partial charge is 0.225 e. The average molecular weight is 222 g/mol. The molecule has 1 aromatic rings. The van der Waals surface area contributed by atoms with E-state index in [-0.39, 0.29) is 23.9 Å². The van der Waals surface area contributed by atoms with Crippen molar-refractivity contribution in [2.75, 3.05) is 0 Å². The number of nitrogens with one attached hydrogen (secondary N) is 1. The van der Waals surface area contributed by atoms with E-state index in [1.165, 1.54) is 0 Å². The number of hydrogen-bond donors (Lipinski definition) is 2. The van der Waals surface area contributed by atoms with Crippen molar-refractivity contribution in [3.05, 3.63) is 24.2 Å². The highest BCUT2D eigenvalue weighted by molar-refractivity contribution is 5.80. The summed E-state index contributed by atoms with van der Waals surface area (Å²) in [5, 5.41) is 2.94. The van der Waals surface area contributed by atoms with Crippen LogP contribution in [0.1, 0.15) is 38.0 Å². The molecule has 2 unspecified atom stereocenters. The zero-order valence-corrected chi connectivity index (χ0v) is 9.48. The van der Waals surface area contributed by atoms with Gasteiger partial charge in [0.2, 0.25) is 5.91 Å². The lowest BCUT2D eigenvalue weighted by molar-refractivity contribution is -0.125. The van der Waals surface area contributed by atoms with E-state index in [0.717, 1.165) is 25.0 Å². The van der Waals surface area contributed by atoms with Gasteiger partial charge in [0.25, 0.3) is 0 Å². The lowest BCUT2D eigenvalue weighted by atomic mass is 10.0. The number of rotatable bonds is 3. The van der Waals surface area contributed by atoms with E-state index in [1.807, 2.05) is 19.1 Å². The van der Waals surface area contributed by atoms with Crippen LogP contribution in [0.2, 0.25) is 0 Å². The van der Waals surface area contributed by atoms with Gasteiger partial charge in [0.05, 0.1) is 18.2 Å². The van der Waals surface area contributed by atoms with Crippen molar-refractivity contribution >= 4 is 5.91 Å². The third kappa shape index (κ3) is 2.27. The van der Waals surface area contributed by atoms with Gasteiger partial charge in [-0.1, -0.05) is 6.42 Å². The van der Waals surface area contributed by atoms with E-state index in [4.69, 9.17) is 10.2 Å². The molecule has 3 atom stereocenters. The molecule has 0 saturated heterocycles. The third-order valence-electron chi connectivity index (χ3n) is 3.23. The highest BCUT2D eigenvalue weighted by Crippen LogP contribution is 2.25. The minimum absolute atomic E-state index is 0.0174. The number of amides is 1. The summed E-state index contributed by atoms with van der Waals surface area (Å²) in [7, 11) is 0. The Bertz CT molecular complexity index is 348. The maximum absolute atomic E-state index is 11.9. The molecule has 1 amide bonds. The van der Waals surface area contributed by atoms with Crippen LogP contribution in [0.3, 0.4) is 0 Å². The van der Waals surface area contributed by atoms with Gasteiger partial charge in [-0.25, -0.2) is 0 Å². The summed E-state index contributed by atoms with van der Waals surface area (Å²) in [6.07, 6.45) is 4.51. The van der Waals surface area contributed by atoms with Crippen LogP contribution in [0.25, 0.3) is 0 Å². The summed E-state index contributed by atoms with van der Waals surface area (Å²) in [5.41, 5.74) is 5.89. The Morgan fingerprint density at radius 2 is 2.44 bits per heavy atom. The average Bonchev–Trinajstić information content (AvgIpc) is 2.86. The van der Waals surface area contributed by atoms with Gasteiger partial charge in [-0.3, -0.25) is 4.79 Å². The zero-order chi connectivity index (χ0) is 11.5. The first kappa shape index (κ1) is 11.2. The van der Waals surface area contributed by atoms with Crippen molar-refractivity contribution in [1.29, 1.82) is 0 Å². The highest BCUT2D eigenvalue weighted by atomic mass is 16.3. The molecule has 0 radical (unpaired) electrons. The Kier molecular flexibility index (Phi) is 3.29. The fourth-order valence-electron chi connectivity index (χ4n) is 2.24. The molecule has 0 aliphatic heterocycles. The van der Waals surface area contributed by atoms with E-state index in [0.29, 0.717) is 0 Å². The molecule has 16 heavy (non-hydrogen) atoms. The molecular formula is C12H18N2O2. The van der Waals surface area contributed by atoms with Gasteiger partial charge in [0, 0.05) is 6.04 Å². The van der Waals surface area contributed by atoms with Crippen LogP contribution >= 0.6 is 0 Å². The van der Waals surface area contributed by atoms with Gasteiger partial charge in [-0.15, -0.1) is 0 Å². The van der Waals surface area contributed by atoms with Gasteiger partial charge in [-0.05, 0) is 31.9 Å². The molecule has 4 heteroatoms. The fourth-order valence-corrected chi connectivity index (χ4v) is 2.24. The normalized spacial score (nSPS) is 26.6. The second kappa shape index (κ2) is 4.70. The Labute approximate surface area is 95.2 Å². The molecule has 1 heterocycles. The molecule has 1 fully saturated rings. The Hall–Kier alpha value is -1.29. The van der Waals surface area contributed by atoms with Crippen molar-refractivity contribution < 1.29 is 9.21 Å². The molecular weight excluding hydrogens is 204 g/mol. The molecule has 0 bridgehead atoms. The summed E-state index contributed by atoms with van der Waals surface area (Å²) >= 11 is 0. The zero-order valence-electron chi connectivity index (χ0n) is 9.48. The van der Waals surface area contributed by atoms with Crippen molar-refractivity contribution in [3.8, 4) is 0 Å². The van der Waals surface area contributed by atoms with Gasteiger partial charge >= 0.3 is 0 Å². The number of carbonyl (C=O) groups is 1. The van der Waals surface area contributed by atoms with Crippen molar-refractivity contribution in [2.24, 2.45) is 11.7 Å². The Morgan fingerprint density at radius 3 is 3.00 bits per heavy atom. The molecule has 4 nitrogen and oxygen atoms in total. The van der Waals surface area contributed by atoms with Gasteiger partial charge in [0.15, 0.2) is 0 Å². The molecule has 88 valence electrons. The van der Waals surface area contributed by atoms with Gasteiger partial charge in [0.1, 0.15) is 5.76 Å². The topological polar surface area (TPSA) is 68.3 Å². The molecule has 1 aliphatic carbocycles. The molecule has 2 rings (SSSR count). The second-order valence-corrected chi connectivity index (χ2v) is 4.45. The molecule has 3 N–H and O–H groups in total. The first-order chi connectivity index (χ1) is 7.68.